The molecule has 2 N–H and O–H groups in total. The summed E-state index contributed by atoms with van der Waals surface area (Å²) in [4.78, 5) is 28.3. The van der Waals surface area contributed by atoms with E-state index in [-0.39, 0.29) is 11.7 Å². The van der Waals surface area contributed by atoms with E-state index in [9.17, 15) is 9.59 Å². The van der Waals surface area contributed by atoms with E-state index in [4.69, 9.17) is 14.2 Å². The number of nitrogens with zero attached hydrogens (tertiary/aromatic N) is 2. The van der Waals surface area contributed by atoms with Crippen LogP contribution in [0, 0.1) is 0 Å². The molecule has 10 heteroatoms. The maximum Gasteiger partial charge on any atom is 0.338 e. The summed E-state index contributed by atoms with van der Waals surface area (Å²) in [7, 11) is 3.15. The molecule has 0 aliphatic rings. The van der Waals surface area contributed by atoms with Gasteiger partial charge in [0.15, 0.2) is 5.82 Å². The largest absolute Gasteiger partial charge is 0.497 e. The number of aromatic amines is 1. The van der Waals surface area contributed by atoms with Gasteiger partial charge in [0.2, 0.25) is 11.1 Å². The maximum atomic E-state index is 12.2. The molecule has 162 valence electrons. The number of H-pyrrole nitrogens is 1. The van der Waals surface area contributed by atoms with Gasteiger partial charge in [-0.3, -0.25) is 9.89 Å². The summed E-state index contributed by atoms with van der Waals surface area (Å²) in [6, 6.07) is 11.9. The highest BCUT2D eigenvalue weighted by atomic mass is 32.2. The number of rotatable bonds is 9. The fourth-order valence-electron chi connectivity index (χ4n) is 2.62. The quantitative estimate of drug-likeness (QED) is 0.383. The second-order valence-corrected chi connectivity index (χ2v) is 7.15. The standard InChI is InChI=1S/C21H22N4O5S/c1-4-30-20(27)13-5-7-15(8-6-13)22-18(26)12-31-21-23-19(24-25-21)14-9-16(28-2)11-17(10-14)29-3/h5-11H,4,12H2,1-3H3,(H,22,26)(H,23,24,25). The van der Waals surface area contributed by atoms with Crippen LogP contribution in [0.25, 0.3) is 11.4 Å². The average Bonchev–Trinajstić information content (AvgIpc) is 3.27. The van der Waals surface area contributed by atoms with Gasteiger partial charge >= 0.3 is 5.97 Å². The van der Waals surface area contributed by atoms with Crippen LogP contribution < -0.4 is 14.8 Å². The molecule has 31 heavy (non-hydrogen) atoms. The molecule has 0 atom stereocenters. The summed E-state index contributed by atoms with van der Waals surface area (Å²) in [6.45, 7) is 2.05. The zero-order chi connectivity index (χ0) is 22.2. The summed E-state index contributed by atoms with van der Waals surface area (Å²) in [5, 5.41) is 10.2. The number of carbonyl (C=O) groups excluding carboxylic acids is 2. The maximum absolute atomic E-state index is 12.2. The van der Waals surface area contributed by atoms with E-state index in [0.29, 0.717) is 40.3 Å². The molecule has 0 bridgehead atoms. The van der Waals surface area contributed by atoms with E-state index in [1.807, 2.05) is 12.1 Å². The number of hydrogen-bond acceptors (Lipinski definition) is 8. The highest BCUT2D eigenvalue weighted by Crippen LogP contribution is 2.28. The SMILES string of the molecule is CCOC(=O)c1ccc(NC(=O)CSc2n[nH]c(-c3cc(OC)cc(OC)c3)n2)cc1. The molecule has 0 saturated carbocycles. The van der Waals surface area contributed by atoms with E-state index >= 15 is 0 Å². The number of nitrogens with one attached hydrogen (secondary N) is 2. The van der Waals surface area contributed by atoms with Gasteiger partial charge in [-0.25, -0.2) is 9.78 Å². The number of anilines is 1. The lowest BCUT2D eigenvalue weighted by Gasteiger charge is -2.06. The van der Waals surface area contributed by atoms with E-state index in [0.717, 1.165) is 5.56 Å². The lowest BCUT2D eigenvalue weighted by molar-refractivity contribution is -0.113. The molecule has 0 aliphatic heterocycles. The van der Waals surface area contributed by atoms with Crippen molar-refractivity contribution in [2.75, 3.05) is 31.9 Å². The number of ether oxygens (including phenoxy) is 3. The lowest BCUT2D eigenvalue weighted by Crippen LogP contribution is -2.14. The summed E-state index contributed by atoms with van der Waals surface area (Å²) < 4.78 is 15.5. The first-order valence-corrected chi connectivity index (χ1v) is 10.4. The molecule has 1 aromatic heterocycles. The second kappa shape index (κ2) is 10.5. The number of esters is 1. The molecule has 1 heterocycles. The number of carbonyl (C=O) groups is 2. The Morgan fingerprint density at radius 3 is 2.35 bits per heavy atom. The van der Waals surface area contributed by atoms with Crippen molar-refractivity contribution in [3.8, 4) is 22.9 Å². The van der Waals surface area contributed by atoms with Crippen LogP contribution in [0.1, 0.15) is 17.3 Å². The van der Waals surface area contributed by atoms with Crippen LogP contribution in [0.3, 0.4) is 0 Å². The first-order valence-electron chi connectivity index (χ1n) is 9.38. The Balaban J connectivity index is 1.57. The summed E-state index contributed by atoms with van der Waals surface area (Å²) in [5.41, 5.74) is 1.76. The van der Waals surface area contributed by atoms with Gasteiger partial charge in [-0.15, -0.1) is 5.10 Å². The predicted molar refractivity (Wildman–Crippen MR) is 117 cm³/mol. The van der Waals surface area contributed by atoms with Gasteiger partial charge in [0, 0.05) is 17.3 Å². The number of hydrogen-bond donors (Lipinski definition) is 2. The molecule has 0 aliphatic carbocycles. The van der Waals surface area contributed by atoms with Crippen LogP contribution in [0.5, 0.6) is 11.5 Å². The third kappa shape index (κ3) is 5.98. The van der Waals surface area contributed by atoms with Gasteiger partial charge in [-0.1, -0.05) is 11.8 Å². The Morgan fingerprint density at radius 1 is 1.06 bits per heavy atom. The first-order chi connectivity index (χ1) is 15.0. The van der Waals surface area contributed by atoms with Crippen LogP contribution in [-0.4, -0.2) is 53.6 Å². The van der Waals surface area contributed by atoms with Gasteiger partial charge in [-0.05, 0) is 43.3 Å². The highest BCUT2D eigenvalue weighted by molar-refractivity contribution is 7.99. The van der Waals surface area contributed by atoms with Crippen molar-refractivity contribution < 1.29 is 23.8 Å². The molecule has 0 unspecified atom stereocenters. The number of methoxy groups -OCH3 is 2. The third-order valence-electron chi connectivity index (χ3n) is 4.10. The molecule has 3 rings (SSSR count). The van der Waals surface area contributed by atoms with Gasteiger partial charge in [0.05, 0.1) is 32.1 Å². The highest BCUT2D eigenvalue weighted by Gasteiger charge is 2.12. The Hall–Kier alpha value is -3.53. The Bertz CT molecular complexity index is 1030. The number of benzene rings is 2. The minimum atomic E-state index is -0.398. The molecular weight excluding hydrogens is 420 g/mol. The zero-order valence-corrected chi connectivity index (χ0v) is 18.1. The molecule has 0 saturated heterocycles. The van der Waals surface area contributed by atoms with Crippen molar-refractivity contribution in [2.24, 2.45) is 0 Å². The molecule has 0 spiro atoms. The van der Waals surface area contributed by atoms with E-state index in [1.54, 1.807) is 51.5 Å². The molecule has 2 aromatic carbocycles. The first kappa shape index (κ1) is 22.2. The molecule has 3 aromatic rings. The van der Waals surface area contributed by atoms with Crippen molar-refractivity contribution in [1.29, 1.82) is 0 Å². The number of aromatic nitrogens is 3. The van der Waals surface area contributed by atoms with Crippen LogP contribution in [-0.2, 0) is 9.53 Å². The predicted octanol–water partition coefficient (Wildman–Crippen LogP) is 3.40. The lowest BCUT2D eigenvalue weighted by atomic mass is 10.2. The van der Waals surface area contributed by atoms with Crippen molar-refractivity contribution in [2.45, 2.75) is 12.1 Å². The normalized spacial score (nSPS) is 10.4. The topological polar surface area (TPSA) is 115 Å². The number of amides is 1. The van der Waals surface area contributed by atoms with Crippen LogP contribution in [0.4, 0.5) is 5.69 Å². The summed E-state index contributed by atoms with van der Waals surface area (Å²) in [5.74, 6) is 1.31. The monoisotopic (exact) mass is 442 g/mol. The second-order valence-electron chi connectivity index (χ2n) is 6.20. The van der Waals surface area contributed by atoms with E-state index in [1.165, 1.54) is 11.8 Å². The van der Waals surface area contributed by atoms with Crippen molar-refractivity contribution in [3.05, 3.63) is 48.0 Å². The van der Waals surface area contributed by atoms with Gasteiger partial charge in [0.1, 0.15) is 11.5 Å². The van der Waals surface area contributed by atoms with Crippen molar-refractivity contribution in [3.63, 3.8) is 0 Å². The fraction of sp³-hybridized carbons (Fsp3) is 0.238. The third-order valence-corrected chi connectivity index (χ3v) is 4.95. The van der Waals surface area contributed by atoms with Gasteiger partial charge in [0.25, 0.3) is 0 Å². The Morgan fingerprint density at radius 2 is 1.74 bits per heavy atom. The minimum Gasteiger partial charge on any atom is -0.497 e. The van der Waals surface area contributed by atoms with Crippen LogP contribution in [0.15, 0.2) is 47.6 Å². The summed E-state index contributed by atoms with van der Waals surface area (Å²) in [6.07, 6.45) is 0. The summed E-state index contributed by atoms with van der Waals surface area (Å²) >= 11 is 1.20. The van der Waals surface area contributed by atoms with Crippen molar-refractivity contribution in [1.82, 2.24) is 15.2 Å². The van der Waals surface area contributed by atoms with Gasteiger partial charge < -0.3 is 19.5 Å². The van der Waals surface area contributed by atoms with E-state index in [2.05, 4.69) is 20.5 Å². The molecule has 1 amide bonds. The molecule has 0 radical (unpaired) electrons. The zero-order valence-electron chi connectivity index (χ0n) is 17.3. The van der Waals surface area contributed by atoms with Crippen LogP contribution >= 0.6 is 11.8 Å². The van der Waals surface area contributed by atoms with E-state index < -0.39 is 5.97 Å². The smallest absolute Gasteiger partial charge is 0.338 e. The fourth-order valence-corrected chi connectivity index (χ4v) is 3.21. The Kier molecular flexibility index (Phi) is 7.50. The van der Waals surface area contributed by atoms with Crippen molar-refractivity contribution >= 4 is 29.3 Å². The number of thioether (sulfide) groups is 1. The average molecular weight is 442 g/mol. The Labute approximate surface area is 183 Å². The molecule has 9 nitrogen and oxygen atoms in total. The minimum absolute atomic E-state index is 0.123. The molecular formula is C21H22N4O5S. The molecule has 0 fully saturated rings. The van der Waals surface area contributed by atoms with Gasteiger partial charge in [-0.2, -0.15) is 0 Å². The van der Waals surface area contributed by atoms with Crippen LogP contribution in [0.2, 0.25) is 0 Å².